The molecule has 4 heteroatoms. The van der Waals surface area contributed by atoms with Gasteiger partial charge in [-0.15, -0.1) is 12.6 Å². The molecular formula is C3H6MgO2S. The monoisotopic (exact) mass is 130 g/mol. The predicted molar refractivity (Wildman–Crippen MR) is 31.4 cm³/mol. The van der Waals surface area contributed by atoms with Crippen LogP contribution in [0.15, 0.2) is 0 Å². The minimum Gasteiger partial charge on any atom is -0.385 e. The number of aliphatic hydroxyl groups is 1. The molecule has 0 aromatic carbocycles. The van der Waals surface area contributed by atoms with Crippen LogP contribution in [0.4, 0.5) is 0 Å². The number of carbonyl (C=O) groups is 1. The van der Waals surface area contributed by atoms with Crippen LogP contribution in [-0.2, 0) is 4.79 Å². The van der Waals surface area contributed by atoms with E-state index in [2.05, 4.69) is 12.6 Å². The summed E-state index contributed by atoms with van der Waals surface area (Å²) < 4.78 is 0. The highest BCUT2D eigenvalue weighted by Crippen LogP contribution is 1.84. The topological polar surface area (TPSA) is 37.3 Å². The van der Waals surface area contributed by atoms with Crippen LogP contribution in [0.3, 0.4) is 0 Å². The van der Waals surface area contributed by atoms with Crippen molar-refractivity contribution in [2.45, 2.75) is 13.0 Å². The van der Waals surface area contributed by atoms with Crippen LogP contribution in [-0.4, -0.2) is 39.4 Å². The maximum absolute atomic E-state index is 9.76. The molecule has 0 aliphatic rings. The Morgan fingerprint density at radius 1 is 1.86 bits per heavy atom. The summed E-state index contributed by atoms with van der Waals surface area (Å²) in [6, 6.07) is 0. The van der Waals surface area contributed by atoms with E-state index in [-0.39, 0.29) is 23.1 Å². The number of hydrogen-bond acceptors (Lipinski definition) is 2. The maximum Gasteiger partial charge on any atom is 0.214 e. The zero-order chi connectivity index (χ0) is 5.15. The third kappa shape index (κ3) is 6.75. The minimum absolute atomic E-state index is 0. The Hall–Kier alpha value is 0.746. The van der Waals surface area contributed by atoms with Gasteiger partial charge in [0.1, 0.15) is 6.10 Å². The smallest absolute Gasteiger partial charge is 0.214 e. The van der Waals surface area contributed by atoms with E-state index >= 15 is 0 Å². The first kappa shape index (κ1) is 10.7. The lowest BCUT2D eigenvalue weighted by molar-refractivity contribution is -0.117. The molecule has 0 bridgehead atoms. The molecule has 0 aliphatic carbocycles. The third-order valence-corrected chi connectivity index (χ3v) is 0.731. The van der Waals surface area contributed by atoms with Crippen molar-refractivity contribution >= 4 is 40.8 Å². The number of rotatable bonds is 1. The van der Waals surface area contributed by atoms with Gasteiger partial charge in [0.05, 0.1) is 0 Å². The molecule has 0 fully saturated rings. The van der Waals surface area contributed by atoms with E-state index in [4.69, 9.17) is 5.11 Å². The Balaban J connectivity index is 0. The molecule has 2 radical (unpaired) electrons. The van der Waals surface area contributed by atoms with E-state index in [1.54, 1.807) is 0 Å². The lowest BCUT2D eigenvalue weighted by atomic mass is 10.5. The molecule has 0 aromatic heterocycles. The first-order chi connectivity index (χ1) is 2.64. The molecule has 0 rings (SSSR count). The Morgan fingerprint density at radius 2 is 2.00 bits per heavy atom. The molecule has 0 heterocycles. The van der Waals surface area contributed by atoms with Crippen molar-refractivity contribution in [3.63, 3.8) is 0 Å². The summed E-state index contributed by atoms with van der Waals surface area (Å²) >= 11 is 3.30. The molecular weight excluding hydrogens is 124 g/mol. The highest BCUT2D eigenvalue weighted by molar-refractivity contribution is 7.96. The summed E-state index contributed by atoms with van der Waals surface area (Å²) in [6.07, 6.45) is -0.923. The normalized spacial score (nSPS) is 11.9. The van der Waals surface area contributed by atoms with E-state index in [0.29, 0.717) is 0 Å². The van der Waals surface area contributed by atoms with Gasteiger partial charge in [0, 0.05) is 23.1 Å². The summed E-state index contributed by atoms with van der Waals surface area (Å²) in [4.78, 5) is 9.76. The van der Waals surface area contributed by atoms with Crippen LogP contribution in [0, 0.1) is 0 Å². The standard InChI is InChI=1S/C3H6O2S.Mg/c1-2(4)3(5)6;/h2,4H,1H3,(H,5,6);. The van der Waals surface area contributed by atoms with Gasteiger partial charge in [-0.1, -0.05) is 0 Å². The second-order valence-electron chi connectivity index (χ2n) is 1.01. The van der Waals surface area contributed by atoms with Gasteiger partial charge < -0.3 is 5.11 Å². The molecule has 0 aliphatic heterocycles. The molecule has 1 atom stereocenters. The van der Waals surface area contributed by atoms with E-state index in [9.17, 15) is 4.79 Å². The van der Waals surface area contributed by atoms with Gasteiger partial charge >= 0.3 is 0 Å². The zero-order valence-electron chi connectivity index (χ0n) is 4.09. The molecule has 2 nitrogen and oxygen atoms in total. The highest BCUT2D eigenvalue weighted by atomic mass is 32.1. The van der Waals surface area contributed by atoms with Gasteiger partial charge in [-0.2, -0.15) is 0 Å². The predicted octanol–water partition coefficient (Wildman–Crippen LogP) is -0.557. The summed E-state index contributed by atoms with van der Waals surface area (Å²) in [5, 5.41) is 7.71. The van der Waals surface area contributed by atoms with Crippen molar-refractivity contribution in [2.75, 3.05) is 0 Å². The van der Waals surface area contributed by atoms with Crippen LogP contribution in [0.5, 0.6) is 0 Å². The van der Waals surface area contributed by atoms with E-state index < -0.39 is 11.2 Å². The second-order valence-corrected chi connectivity index (χ2v) is 1.45. The van der Waals surface area contributed by atoms with Crippen molar-refractivity contribution in [3.8, 4) is 0 Å². The van der Waals surface area contributed by atoms with Gasteiger partial charge in [-0.25, -0.2) is 0 Å². The van der Waals surface area contributed by atoms with Crippen LogP contribution in [0.25, 0.3) is 0 Å². The van der Waals surface area contributed by atoms with Gasteiger partial charge in [-0.05, 0) is 6.92 Å². The average molecular weight is 130 g/mol. The van der Waals surface area contributed by atoms with Crippen LogP contribution in [0.2, 0.25) is 0 Å². The molecule has 38 valence electrons. The molecule has 7 heavy (non-hydrogen) atoms. The summed E-state index contributed by atoms with van der Waals surface area (Å²) in [5.74, 6) is 0. The van der Waals surface area contributed by atoms with Gasteiger partial charge in [0.25, 0.3) is 0 Å². The van der Waals surface area contributed by atoms with Gasteiger partial charge in [0.15, 0.2) is 0 Å². The number of hydrogen-bond donors (Lipinski definition) is 2. The Morgan fingerprint density at radius 3 is 2.00 bits per heavy atom. The van der Waals surface area contributed by atoms with Crippen LogP contribution in [0.1, 0.15) is 6.92 Å². The van der Waals surface area contributed by atoms with Crippen molar-refractivity contribution in [1.29, 1.82) is 0 Å². The summed E-state index contributed by atoms with van der Waals surface area (Å²) in [7, 11) is 0. The highest BCUT2D eigenvalue weighted by Gasteiger charge is 1.98. The molecule has 1 N–H and O–H groups in total. The number of carbonyl (C=O) groups excluding carboxylic acids is 1. The lowest BCUT2D eigenvalue weighted by Crippen LogP contribution is -2.07. The van der Waals surface area contributed by atoms with Crippen LogP contribution >= 0.6 is 12.6 Å². The molecule has 0 saturated carbocycles. The molecule has 0 aromatic rings. The van der Waals surface area contributed by atoms with Crippen molar-refractivity contribution in [3.05, 3.63) is 0 Å². The fraction of sp³-hybridized carbons (Fsp3) is 0.667. The average Bonchev–Trinajstić information content (AvgIpc) is 1.36. The van der Waals surface area contributed by atoms with E-state index in [1.165, 1.54) is 6.92 Å². The number of aliphatic hydroxyl groups excluding tert-OH is 1. The first-order valence-electron chi connectivity index (χ1n) is 1.55. The van der Waals surface area contributed by atoms with Crippen LogP contribution < -0.4 is 0 Å². The maximum atomic E-state index is 9.76. The van der Waals surface area contributed by atoms with Gasteiger partial charge in [0.2, 0.25) is 5.12 Å². The van der Waals surface area contributed by atoms with E-state index in [1.807, 2.05) is 0 Å². The Labute approximate surface area is 63.8 Å². The van der Waals surface area contributed by atoms with Crippen molar-refractivity contribution < 1.29 is 9.90 Å². The molecule has 0 saturated heterocycles. The first-order valence-corrected chi connectivity index (χ1v) is 2.00. The largest absolute Gasteiger partial charge is 0.385 e. The molecule has 0 spiro atoms. The third-order valence-electron chi connectivity index (χ3n) is 0.357. The summed E-state index contributed by atoms with van der Waals surface area (Å²) in [6.45, 7) is 1.37. The zero-order valence-corrected chi connectivity index (χ0v) is 6.40. The lowest BCUT2D eigenvalue weighted by Gasteiger charge is -1.89. The van der Waals surface area contributed by atoms with Gasteiger partial charge in [-0.3, -0.25) is 4.79 Å². The second kappa shape index (κ2) is 4.89. The number of thiol groups is 1. The Kier molecular flexibility index (Phi) is 7.47. The van der Waals surface area contributed by atoms with E-state index in [0.717, 1.165) is 0 Å². The summed E-state index contributed by atoms with van der Waals surface area (Å²) in [5.41, 5.74) is 0. The van der Waals surface area contributed by atoms with Crippen molar-refractivity contribution in [1.82, 2.24) is 0 Å². The molecule has 1 unspecified atom stereocenters. The van der Waals surface area contributed by atoms with Crippen molar-refractivity contribution in [2.24, 2.45) is 0 Å². The minimum atomic E-state index is -0.923. The SMILES string of the molecule is CC(O)C(=O)S.[Mg]. The fourth-order valence-corrected chi connectivity index (χ4v) is 0. The quantitative estimate of drug-likeness (QED) is 0.369. The fourth-order valence-electron chi connectivity index (χ4n) is 0. The molecule has 0 amide bonds. The Bertz CT molecular complexity index is 64.0.